The average Bonchev–Trinajstić information content (AvgIpc) is 2.61. The van der Waals surface area contributed by atoms with Crippen molar-refractivity contribution in [1.82, 2.24) is 0 Å². The van der Waals surface area contributed by atoms with Crippen molar-refractivity contribution in [3.8, 4) is 11.5 Å². The third-order valence-corrected chi connectivity index (χ3v) is 3.92. The summed E-state index contributed by atoms with van der Waals surface area (Å²) in [5.41, 5.74) is 4.72. The molecule has 2 aromatic rings. The molecule has 0 saturated carbocycles. The second-order valence-corrected chi connectivity index (χ2v) is 5.62. The Morgan fingerprint density at radius 3 is 2.42 bits per heavy atom. The largest absolute Gasteiger partial charge is 0.493 e. The lowest BCUT2D eigenvalue weighted by atomic mass is 10.1. The Kier molecular flexibility index (Phi) is 6.74. The molecule has 24 heavy (non-hydrogen) atoms. The van der Waals surface area contributed by atoms with E-state index < -0.39 is 0 Å². The highest BCUT2D eigenvalue weighted by atomic mass is 16.5. The molecule has 0 amide bonds. The highest BCUT2D eigenvalue weighted by molar-refractivity contribution is 5.52. The van der Waals surface area contributed by atoms with E-state index in [1.165, 1.54) is 5.56 Å². The Morgan fingerprint density at radius 2 is 1.83 bits per heavy atom. The van der Waals surface area contributed by atoms with Gasteiger partial charge >= 0.3 is 0 Å². The maximum absolute atomic E-state index is 5.75. The van der Waals surface area contributed by atoms with Crippen molar-refractivity contribution in [3.63, 3.8) is 0 Å². The molecule has 0 saturated heterocycles. The zero-order valence-corrected chi connectivity index (χ0v) is 14.9. The van der Waals surface area contributed by atoms with E-state index in [-0.39, 0.29) is 0 Å². The summed E-state index contributed by atoms with van der Waals surface area (Å²) in [5, 5.41) is 3.47. The second-order valence-electron chi connectivity index (χ2n) is 5.62. The smallest absolute Gasteiger partial charge is 0.164 e. The van der Waals surface area contributed by atoms with Crippen LogP contribution in [-0.2, 0) is 19.4 Å². The van der Waals surface area contributed by atoms with Gasteiger partial charge in [0.2, 0.25) is 0 Å². The fourth-order valence-electron chi connectivity index (χ4n) is 2.69. The molecule has 0 aliphatic rings. The summed E-state index contributed by atoms with van der Waals surface area (Å²) in [6.45, 7) is 9.32. The fourth-order valence-corrected chi connectivity index (χ4v) is 2.69. The first kappa shape index (κ1) is 17.9. The first-order chi connectivity index (χ1) is 11.7. The molecule has 0 aromatic heterocycles. The first-order valence-corrected chi connectivity index (χ1v) is 8.48. The van der Waals surface area contributed by atoms with E-state index in [4.69, 9.17) is 9.47 Å². The molecule has 2 aromatic carbocycles. The van der Waals surface area contributed by atoms with E-state index in [0.717, 1.165) is 47.7 Å². The molecule has 0 radical (unpaired) electrons. The van der Waals surface area contributed by atoms with Gasteiger partial charge in [0.1, 0.15) is 0 Å². The molecule has 0 heterocycles. The molecule has 0 aliphatic heterocycles. The van der Waals surface area contributed by atoms with Crippen molar-refractivity contribution in [2.75, 3.05) is 19.0 Å². The maximum Gasteiger partial charge on any atom is 0.164 e. The molecule has 0 aliphatic carbocycles. The first-order valence-electron chi connectivity index (χ1n) is 8.48. The number of benzene rings is 2. The highest BCUT2D eigenvalue weighted by Crippen LogP contribution is 2.33. The normalized spacial score (nSPS) is 10.3. The Labute approximate surface area is 145 Å². The van der Waals surface area contributed by atoms with Crippen molar-refractivity contribution in [2.24, 2.45) is 0 Å². The summed E-state index contributed by atoms with van der Waals surface area (Å²) in [5.74, 6) is 1.59. The molecule has 0 unspecified atom stereocenters. The van der Waals surface area contributed by atoms with Gasteiger partial charge in [-0.25, -0.2) is 0 Å². The van der Waals surface area contributed by atoms with Crippen molar-refractivity contribution in [1.29, 1.82) is 0 Å². The quantitative estimate of drug-likeness (QED) is 0.658. The number of rotatable bonds is 9. The minimum Gasteiger partial charge on any atom is -0.493 e. The summed E-state index contributed by atoms with van der Waals surface area (Å²) < 4.78 is 11.3. The molecule has 1 N–H and O–H groups in total. The van der Waals surface area contributed by atoms with Crippen LogP contribution < -0.4 is 14.8 Å². The van der Waals surface area contributed by atoms with Gasteiger partial charge in [0.15, 0.2) is 11.5 Å². The number of anilines is 1. The van der Waals surface area contributed by atoms with Crippen molar-refractivity contribution < 1.29 is 9.47 Å². The Morgan fingerprint density at radius 1 is 1.08 bits per heavy atom. The zero-order valence-electron chi connectivity index (χ0n) is 14.9. The topological polar surface area (TPSA) is 30.5 Å². The second kappa shape index (κ2) is 9.02. The lowest BCUT2D eigenvalue weighted by Crippen LogP contribution is -2.04. The van der Waals surface area contributed by atoms with Crippen LogP contribution in [0.25, 0.3) is 0 Å². The minimum absolute atomic E-state index is 0.610. The lowest BCUT2D eigenvalue weighted by molar-refractivity contribution is 0.309. The predicted octanol–water partition coefficient (Wildman–Crippen LogP) is 5.00. The van der Waals surface area contributed by atoms with Gasteiger partial charge in [0.05, 0.1) is 13.7 Å². The van der Waals surface area contributed by atoms with Crippen LogP contribution in [0, 0.1) is 0 Å². The number of nitrogens with one attached hydrogen (secondary N) is 1. The van der Waals surface area contributed by atoms with Gasteiger partial charge in [-0.1, -0.05) is 25.1 Å². The molecule has 3 heteroatoms. The van der Waals surface area contributed by atoms with Gasteiger partial charge in [-0.2, -0.15) is 0 Å². The number of hydrogen-bond donors (Lipinski definition) is 1. The summed E-state index contributed by atoms with van der Waals surface area (Å²) in [7, 11) is 1.68. The number of allylic oxidation sites excluding steroid dienone is 1. The van der Waals surface area contributed by atoms with Gasteiger partial charge in [0.25, 0.3) is 0 Å². The zero-order chi connectivity index (χ0) is 17.4. The summed E-state index contributed by atoms with van der Waals surface area (Å²) in [6.07, 6.45) is 3.69. The van der Waals surface area contributed by atoms with Crippen LogP contribution in [0.2, 0.25) is 0 Å². The molecule has 0 fully saturated rings. The van der Waals surface area contributed by atoms with Crippen LogP contribution >= 0.6 is 0 Å². The summed E-state index contributed by atoms with van der Waals surface area (Å²) >= 11 is 0. The van der Waals surface area contributed by atoms with Crippen LogP contribution in [0.3, 0.4) is 0 Å². The number of hydrogen-bond acceptors (Lipinski definition) is 3. The molecule has 0 spiro atoms. The van der Waals surface area contributed by atoms with Gasteiger partial charge < -0.3 is 14.8 Å². The van der Waals surface area contributed by atoms with Crippen molar-refractivity contribution in [3.05, 3.63) is 65.7 Å². The van der Waals surface area contributed by atoms with Crippen LogP contribution in [0.5, 0.6) is 11.5 Å². The van der Waals surface area contributed by atoms with E-state index in [2.05, 4.69) is 49.2 Å². The Bertz CT molecular complexity index is 662. The molecule has 3 nitrogen and oxygen atoms in total. The minimum atomic E-state index is 0.610. The molecular weight excluding hydrogens is 298 g/mol. The third-order valence-electron chi connectivity index (χ3n) is 3.92. The van der Waals surface area contributed by atoms with E-state index >= 15 is 0 Å². The Hall–Kier alpha value is -2.42. The highest BCUT2D eigenvalue weighted by Gasteiger charge is 2.12. The van der Waals surface area contributed by atoms with Crippen LogP contribution in [0.15, 0.2) is 49.1 Å². The van der Waals surface area contributed by atoms with Gasteiger partial charge in [0, 0.05) is 17.8 Å². The van der Waals surface area contributed by atoms with Crippen molar-refractivity contribution in [2.45, 2.75) is 33.2 Å². The molecule has 2 rings (SSSR count). The molecular formula is C21H27NO2. The van der Waals surface area contributed by atoms with Gasteiger partial charge in [-0.05, 0) is 55.2 Å². The molecule has 128 valence electrons. The van der Waals surface area contributed by atoms with E-state index in [1.54, 1.807) is 7.11 Å². The monoisotopic (exact) mass is 325 g/mol. The average molecular weight is 325 g/mol. The van der Waals surface area contributed by atoms with E-state index in [1.807, 2.05) is 19.1 Å². The SMILES string of the molecule is C=CCc1cc(CNc2ccc(CC)cc2)cc(OCC)c1OC. The molecule has 0 atom stereocenters. The number of aryl methyl sites for hydroxylation is 1. The van der Waals surface area contributed by atoms with Crippen LogP contribution in [-0.4, -0.2) is 13.7 Å². The summed E-state index contributed by atoms with van der Waals surface area (Å²) in [6, 6.07) is 12.8. The predicted molar refractivity (Wildman–Crippen MR) is 101 cm³/mol. The fraction of sp³-hybridized carbons (Fsp3) is 0.333. The number of methoxy groups -OCH3 is 1. The number of ether oxygens (including phenoxy) is 2. The van der Waals surface area contributed by atoms with Gasteiger partial charge in [-0.15, -0.1) is 6.58 Å². The lowest BCUT2D eigenvalue weighted by Gasteiger charge is -2.16. The standard InChI is InChI=1S/C21H27NO2/c1-5-8-18-13-17(14-20(24-7-3)21(18)23-4)15-22-19-11-9-16(6-2)10-12-19/h5,9-14,22H,1,6-8,15H2,2-4H3. The molecule has 0 bridgehead atoms. The van der Waals surface area contributed by atoms with Crippen LogP contribution in [0.1, 0.15) is 30.5 Å². The van der Waals surface area contributed by atoms with Crippen molar-refractivity contribution >= 4 is 5.69 Å². The van der Waals surface area contributed by atoms with E-state index in [0.29, 0.717) is 6.61 Å². The van der Waals surface area contributed by atoms with E-state index in [9.17, 15) is 0 Å². The van der Waals surface area contributed by atoms with Crippen LogP contribution in [0.4, 0.5) is 5.69 Å². The summed E-state index contributed by atoms with van der Waals surface area (Å²) in [4.78, 5) is 0. The van der Waals surface area contributed by atoms with Gasteiger partial charge in [-0.3, -0.25) is 0 Å². The third kappa shape index (κ3) is 4.54. The Balaban J connectivity index is 2.19. The maximum atomic E-state index is 5.75.